The maximum atomic E-state index is 11.9. The summed E-state index contributed by atoms with van der Waals surface area (Å²) in [5, 5.41) is 3.20. The molecule has 5 heteroatoms. The molecule has 0 fully saturated rings. The number of sulfonamides is 1. The van der Waals surface area contributed by atoms with Gasteiger partial charge in [-0.25, -0.2) is 13.1 Å². The molecule has 0 radical (unpaired) electrons. The van der Waals surface area contributed by atoms with Crippen LogP contribution in [0.5, 0.6) is 0 Å². The van der Waals surface area contributed by atoms with Gasteiger partial charge >= 0.3 is 0 Å². The third kappa shape index (κ3) is 4.76. The highest BCUT2D eigenvalue weighted by Gasteiger charge is 2.13. The Morgan fingerprint density at radius 2 is 1.78 bits per heavy atom. The summed E-state index contributed by atoms with van der Waals surface area (Å²) in [6.45, 7) is 8.10. The van der Waals surface area contributed by atoms with Gasteiger partial charge in [0.05, 0.1) is 4.90 Å². The minimum absolute atomic E-state index is 0.299. The predicted molar refractivity (Wildman–Crippen MR) is 73.8 cm³/mol. The summed E-state index contributed by atoms with van der Waals surface area (Å²) in [6, 6.07) is 6.98. The first kappa shape index (κ1) is 15.1. The largest absolute Gasteiger partial charge is 0.313 e. The molecule has 1 rings (SSSR count). The van der Waals surface area contributed by atoms with E-state index in [2.05, 4.69) is 10.0 Å². The number of nitrogens with one attached hydrogen (secondary N) is 2. The van der Waals surface area contributed by atoms with Crippen LogP contribution < -0.4 is 10.0 Å². The molecular weight excluding hydrogens is 248 g/mol. The van der Waals surface area contributed by atoms with E-state index in [1.54, 1.807) is 12.1 Å². The fourth-order valence-electron chi connectivity index (χ4n) is 1.42. The molecule has 1 aromatic rings. The third-order valence-electron chi connectivity index (χ3n) is 2.49. The Kier molecular flexibility index (Phi) is 5.78. The lowest BCUT2D eigenvalue weighted by atomic mass is 10.2. The Morgan fingerprint density at radius 1 is 1.17 bits per heavy atom. The van der Waals surface area contributed by atoms with Crippen LogP contribution in [0.3, 0.4) is 0 Å². The van der Waals surface area contributed by atoms with E-state index < -0.39 is 10.0 Å². The Bertz CT molecular complexity index is 452. The van der Waals surface area contributed by atoms with Crippen molar-refractivity contribution >= 4 is 10.0 Å². The van der Waals surface area contributed by atoms with Gasteiger partial charge in [-0.3, -0.25) is 0 Å². The minimum Gasteiger partial charge on any atom is -0.313 e. The Balaban J connectivity index is 2.71. The first-order valence-corrected chi connectivity index (χ1v) is 7.73. The normalized spacial score (nSPS) is 12.0. The number of benzene rings is 1. The molecule has 0 saturated carbocycles. The lowest BCUT2D eigenvalue weighted by Crippen LogP contribution is -2.27. The van der Waals surface area contributed by atoms with E-state index in [-0.39, 0.29) is 0 Å². The molecule has 2 N–H and O–H groups in total. The van der Waals surface area contributed by atoms with E-state index in [9.17, 15) is 8.42 Å². The zero-order valence-corrected chi connectivity index (χ0v) is 12.0. The summed E-state index contributed by atoms with van der Waals surface area (Å²) in [5.74, 6) is 0.299. The summed E-state index contributed by atoms with van der Waals surface area (Å²) in [7, 11) is -3.36. The molecule has 0 aromatic heterocycles. The summed E-state index contributed by atoms with van der Waals surface area (Å²) in [6.07, 6.45) is 0. The van der Waals surface area contributed by atoms with Gasteiger partial charge < -0.3 is 5.32 Å². The van der Waals surface area contributed by atoms with Gasteiger partial charge in [0, 0.05) is 13.1 Å². The van der Waals surface area contributed by atoms with Crippen molar-refractivity contribution in [2.45, 2.75) is 32.2 Å². The average Bonchev–Trinajstić information content (AvgIpc) is 2.34. The van der Waals surface area contributed by atoms with Gasteiger partial charge in [0.15, 0.2) is 0 Å². The van der Waals surface area contributed by atoms with Crippen molar-refractivity contribution in [2.24, 2.45) is 5.92 Å². The predicted octanol–water partition coefficient (Wildman–Crippen LogP) is 1.73. The molecule has 0 heterocycles. The lowest BCUT2D eigenvalue weighted by molar-refractivity contribution is 0.560. The van der Waals surface area contributed by atoms with E-state index in [4.69, 9.17) is 0 Å². The molecule has 0 saturated heterocycles. The highest BCUT2D eigenvalue weighted by molar-refractivity contribution is 7.89. The van der Waals surface area contributed by atoms with Gasteiger partial charge in [-0.1, -0.05) is 32.9 Å². The summed E-state index contributed by atoms with van der Waals surface area (Å²) < 4.78 is 26.5. The molecular formula is C13H22N2O2S. The summed E-state index contributed by atoms with van der Waals surface area (Å²) >= 11 is 0. The molecule has 0 aliphatic carbocycles. The molecule has 0 aliphatic heterocycles. The number of hydrogen-bond acceptors (Lipinski definition) is 3. The molecule has 4 nitrogen and oxygen atoms in total. The van der Waals surface area contributed by atoms with Crippen LogP contribution in [0.4, 0.5) is 0 Å². The van der Waals surface area contributed by atoms with Gasteiger partial charge in [0.25, 0.3) is 0 Å². The second-order valence-electron chi connectivity index (χ2n) is 4.67. The van der Waals surface area contributed by atoms with Crippen molar-refractivity contribution in [1.82, 2.24) is 10.0 Å². The fourth-order valence-corrected chi connectivity index (χ4v) is 2.63. The summed E-state index contributed by atoms with van der Waals surface area (Å²) in [5.41, 5.74) is 1.08. The standard InChI is InChI=1S/C13H22N2O2S/c1-4-14-10-12-5-7-13(8-6-12)18(16,17)15-9-11(2)3/h5-8,11,14-15H,4,9-10H2,1-3H3. The molecule has 0 bridgehead atoms. The highest BCUT2D eigenvalue weighted by atomic mass is 32.2. The molecule has 0 atom stereocenters. The van der Waals surface area contributed by atoms with E-state index in [1.807, 2.05) is 32.9 Å². The van der Waals surface area contributed by atoms with Gasteiger partial charge in [0.2, 0.25) is 10.0 Å². The van der Waals surface area contributed by atoms with Crippen molar-refractivity contribution in [3.63, 3.8) is 0 Å². The number of hydrogen-bond donors (Lipinski definition) is 2. The van der Waals surface area contributed by atoms with Crippen molar-refractivity contribution < 1.29 is 8.42 Å². The Labute approximate surface area is 110 Å². The van der Waals surface area contributed by atoms with Gasteiger partial charge in [-0.2, -0.15) is 0 Å². The molecule has 1 aromatic carbocycles. The quantitative estimate of drug-likeness (QED) is 0.793. The van der Waals surface area contributed by atoms with Crippen molar-refractivity contribution in [3.8, 4) is 0 Å². The third-order valence-corrected chi connectivity index (χ3v) is 3.93. The van der Waals surface area contributed by atoms with E-state index in [1.165, 1.54) is 0 Å². The van der Waals surface area contributed by atoms with Crippen LogP contribution in [0.15, 0.2) is 29.2 Å². The first-order chi connectivity index (χ1) is 8.45. The van der Waals surface area contributed by atoms with Crippen LogP contribution in [0.25, 0.3) is 0 Å². The van der Waals surface area contributed by atoms with Gasteiger partial charge in [-0.05, 0) is 30.2 Å². The molecule has 0 amide bonds. The van der Waals surface area contributed by atoms with Crippen molar-refractivity contribution in [3.05, 3.63) is 29.8 Å². The smallest absolute Gasteiger partial charge is 0.240 e. The zero-order chi connectivity index (χ0) is 13.6. The molecule has 0 spiro atoms. The van der Waals surface area contributed by atoms with Crippen LogP contribution >= 0.6 is 0 Å². The van der Waals surface area contributed by atoms with Crippen molar-refractivity contribution in [2.75, 3.05) is 13.1 Å². The van der Waals surface area contributed by atoms with Crippen LogP contribution in [0, 0.1) is 5.92 Å². The average molecular weight is 270 g/mol. The van der Waals surface area contributed by atoms with Crippen LogP contribution in [0.2, 0.25) is 0 Å². The highest BCUT2D eigenvalue weighted by Crippen LogP contribution is 2.10. The molecule has 0 aliphatic rings. The summed E-state index contributed by atoms with van der Waals surface area (Å²) in [4.78, 5) is 0.323. The zero-order valence-electron chi connectivity index (χ0n) is 11.2. The van der Waals surface area contributed by atoms with Crippen LogP contribution in [0.1, 0.15) is 26.3 Å². The minimum atomic E-state index is -3.36. The second-order valence-corrected chi connectivity index (χ2v) is 6.44. The SMILES string of the molecule is CCNCc1ccc(S(=O)(=O)NCC(C)C)cc1. The lowest BCUT2D eigenvalue weighted by Gasteiger charge is -2.09. The van der Waals surface area contributed by atoms with E-state index in [0.717, 1.165) is 18.7 Å². The molecule has 18 heavy (non-hydrogen) atoms. The van der Waals surface area contributed by atoms with Crippen molar-refractivity contribution in [1.29, 1.82) is 0 Å². The van der Waals surface area contributed by atoms with Gasteiger partial charge in [-0.15, -0.1) is 0 Å². The second kappa shape index (κ2) is 6.87. The first-order valence-electron chi connectivity index (χ1n) is 6.25. The fraction of sp³-hybridized carbons (Fsp3) is 0.538. The Morgan fingerprint density at radius 3 is 2.28 bits per heavy atom. The molecule has 102 valence electrons. The Hall–Kier alpha value is -0.910. The van der Waals surface area contributed by atoms with Crippen LogP contribution in [-0.2, 0) is 16.6 Å². The maximum Gasteiger partial charge on any atom is 0.240 e. The molecule has 0 unspecified atom stereocenters. The maximum absolute atomic E-state index is 11.9. The van der Waals surface area contributed by atoms with Crippen LogP contribution in [-0.4, -0.2) is 21.5 Å². The topological polar surface area (TPSA) is 58.2 Å². The van der Waals surface area contributed by atoms with E-state index >= 15 is 0 Å². The monoisotopic (exact) mass is 270 g/mol. The van der Waals surface area contributed by atoms with Gasteiger partial charge in [0.1, 0.15) is 0 Å². The number of rotatable bonds is 7. The van der Waals surface area contributed by atoms with E-state index in [0.29, 0.717) is 17.4 Å².